The van der Waals surface area contributed by atoms with Crippen LogP contribution < -0.4 is 4.72 Å². The number of carbonyl (C=O) groups is 1. The first-order valence-electron chi connectivity index (χ1n) is 6.93. The van der Waals surface area contributed by atoms with Crippen LogP contribution in [0.15, 0.2) is 58.8 Å². The zero-order chi connectivity index (χ0) is 18.0. The van der Waals surface area contributed by atoms with Crippen LogP contribution in [0.4, 0.5) is 5.13 Å². The number of benzene rings is 2. The summed E-state index contributed by atoms with van der Waals surface area (Å²) in [6, 6.07) is 12.8. The Morgan fingerprint density at radius 1 is 1.16 bits per heavy atom. The van der Waals surface area contributed by atoms with Gasteiger partial charge in [-0.05, 0) is 18.2 Å². The second kappa shape index (κ2) is 6.83. The van der Waals surface area contributed by atoms with E-state index < -0.39 is 16.0 Å². The van der Waals surface area contributed by atoms with Gasteiger partial charge in [0.05, 0.1) is 21.2 Å². The van der Waals surface area contributed by atoms with Gasteiger partial charge < -0.3 is 5.11 Å². The van der Waals surface area contributed by atoms with E-state index in [9.17, 15) is 13.2 Å². The number of rotatable bonds is 5. The van der Waals surface area contributed by atoms with Crippen molar-refractivity contribution in [2.45, 2.75) is 4.90 Å². The second-order valence-corrected chi connectivity index (χ2v) is 7.90. The number of sulfonamides is 1. The smallest absolute Gasteiger partial charge is 0.337 e. The molecular formula is C16H11ClN2O4S2. The van der Waals surface area contributed by atoms with Crippen LogP contribution in [0.1, 0.15) is 10.4 Å². The monoisotopic (exact) mass is 394 g/mol. The zero-order valence-electron chi connectivity index (χ0n) is 12.5. The van der Waals surface area contributed by atoms with Crippen LogP contribution in [0.25, 0.3) is 11.3 Å². The molecule has 0 unspecified atom stereocenters. The number of anilines is 1. The van der Waals surface area contributed by atoms with Crippen LogP contribution in [0, 0.1) is 0 Å². The molecule has 2 aromatic carbocycles. The van der Waals surface area contributed by atoms with Gasteiger partial charge in [-0.1, -0.05) is 41.9 Å². The van der Waals surface area contributed by atoms with Crippen molar-refractivity contribution in [3.05, 3.63) is 64.5 Å². The molecule has 3 aromatic rings. The van der Waals surface area contributed by atoms with Crippen molar-refractivity contribution < 1.29 is 18.3 Å². The second-order valence-electron chi connectivity index (χ2n) is 4.96. The predicted molar refractivity (Wildman–Crippen MR) is 96.8 cm³/mol. The maximum atomic E-state index is 12.5. The quantitative estimate of drug-likeness (QED) is 0.682. The van der Waals surface area contributed by atoms with Gasteiger partial charge >= 0.3 is 5.97 Å². The van der Waals surface area contributed by atoms with Crippen molar-refractivity contribution >= 4 is 44.1 Å². The minimum absolute atomic E-state index is 0.0351. The number of aromatic nitrogens is 1. The van der Waals surface area contributed by atoms with Gasteiger partial charge in [0.2, 0.25) is 0 Å². The van der Waals surface area contributed by atoms with Gasteiger partial charge in [0.15, 0.2) is 5.13 Å². The molecule has 1 aromatic heterocycles. The van der Waals surface area contributed by atoms with E-state index in [1.165, 1.54) is 12.1 Å². The number of carboxylic acids is 1. The summed E-state index contributed by atoms with van der Waals surface area (Å²) in [6.07, 6.45) is 0. The molecule has 0 atom stereocenters. The van der Waals surface area contributed by atoms with Gasteiger partial charge in [0.1, 0.15) is 0 Å². The average Bonchev–Trinajstić information content (AvgIpc) is 3.03. The van der Waals surface area contributed by atoms with Crippen molar-refractivity contribution in [2.24, 2.45) is 0 Å². The molecule has 25 heavy (non-hydrogen) atoms. The van der Waals surface area contributed by atoms with Crippen molar-refractivity contribution in [3.8, 4) is 11.3 Å². The molecule has 0 fully saturated rings. The van der Waals surface area contributed by atoms with Gasteiger partial charge in [-0.15, -0.1) is 11.3 Å². The summed E-state index contributed by atoms with van der Waals surface area (Å²) in [7, 11) is -3.98. The summed E-state index contributed by atoms with van der Waals surface area (Å²) in [5, 5.41) is 10.9. The normalized spacial score (nSPS) is 11.2. The molecule has 0 amide bonds. The van der Waals surface area contributed by atoms with E-state index in [1.807, 2.05) is 30.3 Å². The van der Waals surface area contributed by atoms with Crippen LogP contribution in [-0.2, 0) is 10.0 Å². The molecule has 0 radical (unpaired) electrons. The van der Waals surface area contributed by atoms with E-state index in [4.69, 9.17) is 16.7 Å². The molecule has 0 spiro atoms. The number of nitrogens with one attached hydrogen (secondary N) is 1. The minimum atomic E-state index is -3.98. The largest absolute Gasteiger partial charge is 0.478 e. The lowest BCUT2D eigenvalue weighted by atomic mass is 10.2. The van der Waals surface area contributed by atoms with E-state index in [1.54, 1.807) is 5.38 Å². The zero-order valence-corrected chi connectivity index (χ0v) is 14.9. The molecule has 9 heteroatoms. The Bertz CT molecular complexity index is 1030. The van der Waals surface area contributed by atoms with Gasteiger partial charge in [0, 0.05) is 10.9 Å². The van der Waals surface area contributed by atoms with Gasteiger partial charge in [-0.2, -0.15) is 0 Å². The first kappa shape index (κ1) is 17.4. The van der Waals surface area contributed by atoms with Crippen molar-refractivity contribution in [3.63, 3.8) is 0 Å². The Hall–Kier alpha value is -2.42. The lowest BCUT2D eigenvalue weighted by Gasteiger charge is -2.07. The number of carboxylic acid groups (broad SMARTS) is 1. The predicted octanol–water partition coefficient (Wildman–Crippen LogP) is 3.96. The highest BCUT2D eigenvalue weighted by Gasteiger charge is 2.20. The number of hydrogen-bond acceptors (Lipinski definition) is 5. The number of hydrogen-bond donors (Lipinski definition) is 2. The maximum Gasteiger partial charge on any atom is 0.337 e. The van der Waals surface area contributed by atoms with E-state index in [2.05, 4.69) is 9.71 Å². The molecule has 0 aliphatic rings. The van der Waals surface area contributed by atoms with E-state index in [0.717, 1.165) is 23.0 Å². The molecule has 0 bridgehead atoms. The fourth-order valence-electron chi connectivity index (χ4n) is 2.07. The van der Waals surface area contributed by atoms with Gasteiger partial charge in [-0.3, -0.25) is 4.72 Å². The molecule has 3 rings (SSSR count). The Morgan fingerprint density at radius 3 is 2.56 bits per heavy atom. The molecule has 0 aliphatic heterocycles. The third kappa shape index (κ3) is 3.81. The lowest BCUT2D eigenvalue weighted by molar-refractivity contribution is 0.0697. The number of halogens is 1. The van der Waals surface area contributed by atoms with Crippen LogP contribution in [-0.4, -0.2) is 24.5 Å². The van der Waals surface area contributed by atoms with Gasteiger partial charge in [-0.25, -0.2) is 18.2 Å². The molecule has 2 N–H and O–H groups in total. The fourth-order valence-corrected chi connectivity index (χ4v) is 4.27. The molecule has 0 saturated heterocycles. The summed E-state index contributed by atoms with van der Waals surface area (Å²) in [4.78, 5) is 15.2. The Labute approximate surface area is 152 Å². The maximum absolute atomic E-state index is 12.5. The number of aromatic carboxylic acids is 1. The molecular weight excluding hydrogens is 384 g/mol. The highest BCUT2D eigenvalue weighted by atomic mass is 35.5. The average molecular weight is 395 g/mol. The molecule has 128 valence electrons. The fraction of sp³-hybridized carbons (Fsp3) is 0. The summed E-state index contributed by atoms with van der Waals surface area (Å²) < 4.78 is 27.3. The third-order valence-corrected chi connectivity index (χ3v) is 5.83. The third-order valence-electron chi connectivity index (χ3n) is 3.27. The first-order valence-corrected chi connectivity index (χ1v) is 9.67. The summed E-state index contributed by atoms with van der Waals surface area (Å²) in [5.41, 5.74) is 1.23. The van der Waals surface area contributed by atoms with Crippen LogP contribution in [0.5, 0.6) is 0 Å². The Kier molecular flexibility index (Phi) is 4.76. The van der Waals surface area contributed by atoms with Crippen LogP contribution >= 0.6 is 22.9 Å². The topological polar surface area (TPSA) is 96.4 Å². The highest BCUT2D eigenvalue weighted by molar-refractivity contribution is 7.93. The van der Waals surface area contributed by atoms with Crippen molar-refractivity contribution in [1.29, 1.82) is 0 Å². The van der Waals surface area contributed by atoms with Gasteiger partial charge in [0.25, 0.3) is 10.0 Å². The van der Waals surface area contributed by atoms with Crippen LogP contribution in [0.3, 0.4) is 0 Å². The summed E-state index contributed by atoms with van der Waals surface area (Å²) >= 11 is 6.90. The Morgan fingerprint density at radius 2 is 1.88 bits per heavy atom. The van der Waals surface area contributed by atoms with Crippen molar-refractivity contribution in [1.82, 2.24) is 4.98 Å². The summed E-state index contributed by atoms with van der Waals surface area (Å²) in [6.45, 7) is 0. The van der Waals surface area contributed by atoms with Crippen LogP contribution in [0.2, 0.25) is 5.02 Å². The standard InChI is InChI=1S/C16H11ClN2O4S2/c17-13-7-6-11(8-12(13)15(20)21)25(22,23)19-16-18-14(9-24-16)10-4-2-1-3-5-10/h1-9H,(H,18,19)(H,20,21). The molecule has 6 nitrogen and oxygen atoms in total. The van der Waals surface area contributed by atoms with E-state index in [0.29, 0.717) is 5.69 Å². The minimum Gasteiger partial charge on any atom is -0.478 e. The SMILES string of the molecule is O=C(O)c1cc(S(=O)(=O)Nc2nc(-c3ccccc3)cs2)ccc1Cl. The number of thiazole rings is 1. The lowest BCUT2D eigenvalue weighted by Crippen LogP contribution is -2.13. The molecule has 0 aliphatic carbocycles. The van der Waals surface area contributed by atoms with Crippen molar-refractivity contribution in [2.75, 3.05) is 4.72 Å². The number of nitrogens with zero attached hydrogens (tertiary/aromatic N) is 1. The Balaban J connectivity index is 1.89. The van der Waals surface area contributed by atoms with E-state index in [-0.39, 0.29) is 20.6 Å². The summed E-state index contributed by atoms with van der Waals surface area (Å²) in [5.74, 6) is -1.30. The van der Waals surface area contributed by atoms with E-state index >= 15 is 0 Å². The first-order chi connectivity index (χ1) is 11.9. The highest BCUT2D eigenvalue weighted by Crippen LogP contribution is 2.27. The molecule has 1 heterocycles. The molecule has 0 saturated carbocycles.